The first-order valence-corrected chi connectivity index (χ1v) is 5.98. The van der Waals surface area contributed by atoms with Gasteiger partial charge in [0.25, 0.3) is 0 Å². The fourth-order valence-corrected chi connectivity index (χ4v) is 2.43. The number of nitrogens with zero attached hydrogens (tertiary/aromatic N) is 1. The van der Waals surface area contributed by atoms with Gasteiger partial charge in [0.2, 0.25) is 0 Å². The van der Waals surface area contributed by atoms with E-state index in [4.69, 9.17) is 0 Å². The van der Waals surface area contributed by atoms with Crippen LogP contribution in [0.2, 0.25) is 0 Å². The minimum Gasteiger partial charge on any atom is -0.508 e. The Labute approximate surface area is 125 Å². The van der Waals surface area contributed by atoms with Crippen LogP contribution in [-0.4, -0.2) is 57.9 Å². The van der Waals surface area contributed by atoms with Gasteiger partial charge in [0.1, 0.15) is 5.75 Å². The molecule has 2 nitrogen and oxygen atoms in total. The molecule has 1 N–H and O–H groups in total. The molecule has 2 unspecified atom stereocenters. The Morgan fingerprint density at radius 1 is 1.29 bits per heavy atom. The maximum Gasteiger partial charge on any atom is 0.115 e. The standard InChI is InChI=1S/C14H23NO.Pb/c1-5-14(11(2)10-15(3)4)12-7-6-8-13(16)9-12;/h6-9,11,14,16H,5,10H2,1-4H3;. The number of rotatable bonds is 5. The molecule has 0 bridgehead atoms. The minimum absolute atomic E-state index is 0. The molecule has 2 atom stereocenters. The van der Waals surface area contributed by atoms with Gasteiger partial charge in [-0.2, -0.15) is 0 Å². The summed E-state index contributed by atoms with van der Waals surface area (Å²) in [4.78, 5) is 2.22. The van der Waals surface area contributed by atoms with Gasteiger partial charge < -0.3 is 10.0 Å². The van der Waals surface area contributed by atoms with E-state index >= 15 is 0 Å². The van der Waals surface area contributed by atoms with E-state index in [-0.39, 0.29) is 27.3 Å². The summed E-state index contributed by atoms with van der Waals surface area (Å²) in [6.45, 7) is 5.56. The second-order valence-electron chi connectivity index (χ2n) is 4.85. The smallest absolute Gasteiger partial charge is 0.115 e. The van der Waals surface area contributed by atoms with E-state index in [1.165, 1.54) is 5.56 Å². The SMILES string of the molecule is CCC(c1cccc(O)c1)C(C)CN(C)C.[Pb]. The van der Waals surface area contributed by atoms with Crippen LogP contribution in [0.25, 0.3) is 0 Å². The molecule has 0 aliphatic carbocycles. The summed E-state index contributed by atoms with van der Waals surface area (Å²) < 4.78 is 0. The second kappa shape index (κ2) is 8.08. The monoisotopic (exact) mass is 429 g/mol. The summed E-state index contributed by atoms with van der Waals surface area (Å²) in [7, 11) is 4.21. The third-order valence-electron chi connectivity index (χ3n) is 3.08. The maximum atomic E-state index is 9.51. The summed E-state index contributed by atoms with van der Waals surface area (Å²) in [5.74, 6) is 1.49. The van der Waals surface area contributed by atoms with Gasteiger partial charge in [0, 0.05) is 33.8 Å². The Kier molecular flexibility index (Phi) is 8.04. The first-order chi connectivity index (χ1) is 7.54. The van der Waals surface area contributed by atoms with E-state index in [2.05, 4.69) is 38.9 Å². The zero-order valence-corrected chi connectivity index (χ0v) is 15.2. The van der Waals surface area contributed by atoms with Gasteiger partial charge in [-0.25, -0.2) is 0 Å². The van der Waals surface area contributed by atoms with Gasteiger partial charge in [0.15, 0.2) is 0 Å². The molecular formula is C14H23NOPb. The van der Waals surface area contributed by atoms with Crippen molar-refractivity contribution in [3.63, 3.8) is 0 Å². The van der Waals surface area contributed by atoms with Crippen LogP contribution >= 0.6 is 0 Å². The third-order valence-corrected chi connectivity index (χ3v) is 3.08. The van der Waals surface area contributed by atoms with Crippen molar-refractivity contribution < 1.29 is 5.11 Å². The fourth-order valence-electron chi connectivity index (χ4n) is 2.43. The summed E-state index contributed by atoms with van der Waals surface area (Å²) in [6, 6.07) is 7.66. The average molecular weight is 429 g/mol. The van der Waals surface area contributed by atoms with Gasteiger partial charge >= 0.3 is 0 Å². The van der Waals surface area contributed by atoms with E-state index in [1.807, 2.05) is 12.1 Å². The number of aromatic hydroxyl groups is 1. The van der Waals surface area contributed by atoms with Crippen molar-refractivity contribution in [1.82, 2.24) is 4.90 Å². The topological polar surface area (TPSA) is 23.5 Å². The molecule has 1 rings (SSSR count). The molecule has 0 aromatic heterocycles. The molecule has 0 amide bonds. The molecule has 17 heavy (non-hydrogen) atoms. The molecule has 94 valence electrons. The van der Waals surface area contributed by atoms with Crippen molar-refractivity contribution in [3.8, 4) is 5.75 Å². The largest absolute Gasteiger partial charge is 0.508 e. The van der Waals surface area contributed by atoms with Crippen LogP contribution in [0.5, 0.6) is 5.75 Å². The number of hydrogen-bond donors (Lipinski definition) is 1. The Morgan fingerprint density at radius 3 is 2.41 bits per heavy atom. The molecule has 3 heteroatoms. The van der Waals surface area contributed by atoms with E-state index in [1.54, 1.807) is 6.07 Å². The second-order valence-corrected chi connectivity index (χ2v) is 4.85. The van der Waals surface area contributed by atoms with Crippen molar-refractivity contribution in [2.75, 3.05) is 20.6 Å². The Hall–Kier alpha value is -0.0979. The molecule has 1 aromatic rings. The zero-order valence-electron chi connectivity index (χ0n) is 11.3. The summed E-state index contributed by atoms with van der Waals surface area (Å²) >= 11 is 0. The van der Waals surface area contributed by atoms with Crippen LogP contribution in [0, 0.1) is 5.92 Å². The summed E-state index contributed by atoms with van der Waals surface area (Å²) in [5, 5.41) is 9.51. The minimum atomic E-state index is 0. The normalized spacial score (nSPS) is 14.2. The van der Waals surface area contributed by atoms with Crippen molar-refractivity contribution in [2.24, 2.45) is 5.92 Å². The van der Waals surface area contributed by atoms with Crippen molar-refractivity contribution >= 4 is 27.3 Å². The number of phenols is 1. The number of hydrogen-bond acceptors (Lipinski definition) is 2. The van der Waals surface area contributed by atoms with Gasteiger partial charge in [-0.1, -0.05) is 26.0 Å². The van der Waals surface area contributed by atoms with Crippen LogP contribution in [0.3, 0.4) is 0 Å². The number of phenolic OH excluding ortho intramolecular Hbond substituents is 1. The molecule has 0 heterocycles. The maximum absolute atomic E-state index is 9.51. The molecule has 0 aliphatic heterocycles. The molecule has 4 radical (unpaired) electrons. The fraction of sp³-hybridized carbons (Fsp3) is 0.571. The predicted octanol–water partition coefficient (Wildman–Crippen LogP) is 2.70. The molecule has 0 saturated carbocycles. The molecule has 0 spiro atoms. The van der Waals surface area contributed by atoms with Crippen LogP contribution < -0.4 is 0 Å². The van der Waals surface area contributed by atoms with Gasteiger partial charge in [-0.15, -0.1) is 0 Å². The zero-order chi connectivity index (χ0) is 12.1. The first kappa shape index (κ1) is 16.9. The van der Waals surface area contributed by atoms with E-state index in [0.29, 0.717) is 17.6 Å². The predicted molar refractivity (Wildman–Crippen MR) is 74.6 cm³/mol. The van der Waals surface area contributed by atoms with Crippen molar-refractivity contribution in [1.29, 1.82) is 0 Å². The van der Waals surface area contributed by atoms with Crippen LogP contribution in [-0.2, 0) is 0 Å². The van der Waals surface area contributed by atoms with Crippen LogP contribution in [0.4, 0.5) is 0 Å². The van der Waals surface area contributed by atoms with Crippen LogP contribution in [0.15, 0.2) is 24.3 Å². The van der Waals surface area contributed by atoms with Crippen molar-refractivity contribution in [2.45, 2.75) is 26.2 Å². The summed E-state index contributed by atoms with van der Waals surface area (Å²) in [5.41, 5.74) is 1.25. The molecule has 0 fully saturated rings. The van der Waals surface area contributed by atoms with Gasteiger partial charge in [-0.05, 0) is 50.0 Å². The molecule has 0 saturated heterocycles. The van der Waals surface area contributed by atoms with E-state index in [9.17, 15) is 5.11 Å². The third kappa shape index (κ3) is 5.38. The molecular weight excluding hydrogens is 405 g/mol. The van der Waals surface area contributed by atoms with Crippen LogP contribution in [0.1, 0.15) is 31.7 Å². The Bertz CT molecular complexity index is 328. The van der Waals surface area contributed by atoms with Gasteiger partial charge in [0.05, 0.1) is 0 Å². The summed E-state index contributed by atoms with van der Waals surface area (Å²) in [6.07, 6.45) is 1.11. The Balaban J connectivity index is 0.00000256. The van der Waals surface area contributed by atoms with E-state index in [0.717, 1.165) is 13.0 Å². The molecule has 0 aliphatic rings. The quantitative estimate of drug-likeness (QED) is 0.729. The van der Waals surface area contributed by atoms with Crippen molar-refractivity contribution in [3.05, 3.63) is 29.8 Å². The Morgan fingerprint density at radius 2 is 1.94 bits per heavy atom. The number of benzene rings is 1. The first-order valence-electron chi connectivity index (χ1n) is 5.98. The average Bonchev–Trinajstić information content (AvgIpc) is 2.17. The molecule has 1 aromatic carbocycles. The van der Waals surface area contributed by atoms with E-state index < -0.39 is 0 Å². The van der Waals surface area contributed by atoms with Gasteiger partial charge in [-0.3, -0.25) is 0 Å².